The fourth-order valence-corrected chi connectivity index (χ4v) is 1.85. The zero-order valence-corrected chi connectivity index (χ0v) is 11.0. The number of ether oxygens (including phenoxy) is 2. The molecule has 0 aliphatic carbocycles. The lowest BCUT2D eigenvalue weighted by Gasteiger charge is -2.32. The first-order valence-electron chi connectivity index (χ1n) is 5.89. The number of nitrogens with zero attached hydrogens (tertiary/aromatic N) is 1. The molecule has 1 rings (SSSR count). The Hall–Kier alpha value is -1.26. The number of piperidine rings is 1. The van der Waals surface area contributed by atoms with Gasteiger partial charge in [0, 0.05) is 13.1 Å². The molecule has 1 aliphatic rings. The first-order chi connectivity index (χ1) is 7.83. The van der Waals surface area contributed by atoms with E-state index in [0.717, 1.165) is 12.8 Å². The summed E-state index contributed by atoms with van der Waals surface area (Å²) in [6.07, 6.45) is 1.19. The summed E-state index contributed by atoms with van der Waals surface area (Å²) in [5, 5.41) is 0. The fraction of sp³-hybridized carbons (Fsp3) is 0.833. The highest BCUT2D eigenvalue weighted by atomic mass is 16.6. The lowest BCUT2D eigenvalue weighted by atomic mass is 9.98. The van der Waals surface area contributed by atoms with Gasteiger partial charge in [0.05, 0.1) is 13.0 Å². The van der Waals surface area contributed by atoms with Crippen LogP contribution in [0.5, 0.6) is 0 Å². The summed E-state index contributed by atoms with van der Waals surface area (Å²) in [4.78, 5) is 24.8. The first kappa shape index (κ1) is 13.8. The molecule has 1 aliphatic heterocycles. The molecule has 0 aromatic rings. The Morgan fingerprint density at radius 2 is 1.94 bits per heavy atom. The average Bonchev–Trinajstić information content (AvgIpc) is 2.26. The second-order valence-corrected chi connectivity index (χ2v) is 5.29. The van der Waals surface area contributed by atoms with Gasteiger partial charge < -0.3 is 14.4 Å². The molecule has 0 saturated carbocycles. The first-order valence-corrected chi connectivity index (χ1v) is 5.89. The second kappa shape index (κ2) is 5.38. The highest BCUT2D eigenvalue weighted by Crippen LogP contribution is 2.21. The minimum atomic E-state index is -0.482. The zero-order valence-electron chi connectivity index (χ0n) is 11.0. The molecular weight excluding hydrogens is 222 g/mol. The Morgan fingerprint density at radius 1 is 1.29 bits per heavy atom. The van der Waals surface area contributed by atoms with Crippen LogP contribution in [0.15, 0.2) is 0 Å². The molecule has 1 atom stereocenters. The van der Waals surface area contributed by atoms with E-state index in [2.05, 4.69) is 4.74 Å². The van der Waals surface area contributed by atoms with Gasteiger partial charge in [0.15, 0.2) is 0 Å². The highest BCUT2D eigenvalue weighted by molar-refractivity contribution is 5.75. The maximum Gasteiger partial charge on any atom is 0.409 e. The van der Waals surface area contributed by atoms with Crippen molar-refractivity contribution in [3.8, 4) is 0 Å². The van der Waals surface area contributed by atoms with Gasteiger partial charge in [-0.05, 0) is 33.6 Å². The topological polar surface area (TPSA) is 55.8 Å². The van der Waals surface area contributed by atoms with Gasteiger partial charge in [-0.1, -0.05) is 0 Å². The lowest BCUT2D eigenvalue weighted by molar-refractivity contribution is -0.161. The molecule has 1 amide bonds. The van der Waals surface area contributed by atoms with Crippen LogP contribution in [0.2, 0.25) is 0 Å². The van der Waals surface area contributed by atoms with Crippen LogP contribution in [0, 0.1) is 5.92 Å². The Kier molecular flexibility index (Phi) is 4.37. The van der Waals surface area contributed by atoms with Crippen LogP contribution in [0.4, 0.5) is 4.79 Å². The summed E-state index contributed by atoms with van der Waals surface area (Å²) < 4.78 is 9.97. The largest absolute Gasteiger partial charge is 0.460 e. The summed E-state index contributed by atoms with van der Waals surface area (Å²) in [6.45, 7) is 6.55. The predicted molar refractivity (Wildman–Crippen MR) is 62.5 cm³/mol. The summed E-state index contributed by atoms with van der Waals surface area (Å²) in [5.74, 6) is -0.465. The molecule has 0 radical (unpaired) electrons. The number of carbonyl (C=O) groups excluding carboxylic acids is 2. The zero-order chi connectivity index (χ0) is 13.1. The SMILES string of the molecule is COC(=O)N1CCCC(C(=O)OC(C)(C)C)C1. The predicted octanol–water partition coefficient (Wildman–Crippen LogP) is 1.81. The van der Waals surface area contributed by atoms with Crippen molar-refractivity contribution in [2.24, 2.45) is 5.92 Å². The van der Waals surface area contributed by atoms with E-state index in [1.54, 1.807) is 4.90 Å². The molecule has 1 unspecified atom stereocenters. The number of esters is 1. The minimum absolute atomic E-state index is 0.230. The van der Waals surface area contributed by atoms with Gasteiger partial charge in [-0.25, -0.2) is 4.79 Å². The van der Waals surface area contributed by atoms with Crippen molar-refractivity contribution in [3.05, 3.63) is 0 Å². The standard InChI is InChI=1S/C12H21NO4/c1-12(2,3)17-10(14)9-6-5-7-13(8-9)11(15)16-4/h9H,5-8H2,1-4H3. The fourth-order valence-electron chi connectivity index (χ4n) is 1.85. The Bertz CT molecular complexity index is 295. The van der Waals surface area contributed by atoms with Crippen molar-refractivity contribution in [1.82, 2.24) is 4.90 Å². The van der Waals surface area contributed by atoms with E-state index in [1.165, 1.54) is 7.11 Å². The number of likely N-dealkylation sites (tertiary alicyclic amines) is 1. The van der Waals surface area contributed by atoms with E-state index in [0.29, 0.717) is 13.1 Å². The van der Waals surface area contributed by atoms with Crippen LogP contribution in [0.3, 0.4) is 0 Å². The van der Waals surface area contributed by atoms with E-state index in [9.17, 15) is 9.59 Å². The van der Waals surface area contributed by atoms with Crippen LogP contribution >= 0.6 is 0 Å². The molecule has 17 heavy (non-hydrogen) atoms. The third kappa shape index (κ3) is 4.24. The molecule has 0 aromatic carbocycles. The molecule has 1 fully saturated rings. The molecule has 0 N–H and O–H groups in total. The van der Waals surface area contributed by atoms with E-state index >= 15 is 0 Å². The van der Waals surface area contributed by atoms with E-state index < -0.39 is 5.60 Å². The molecule has 5 heteroatoms. The van der Waals surface area contributed by atoms with Crippen LogP contribution in [-0.4, -0.2) is 42.8 Å². The van der Waals surface area contributed by atoms with Gasteiger partial charge in [-0.15, -0.1) is 0 Å². The maximum absolute atomic E-state index is 11.9. The van der Waals surface area contributed by atoms with E-state index in [-0.39, 0.29) is 18.0 Å². The van der Waals surface area contributed by atoms with Crippen molar-refractivity contribution in [2.45, 2.75) is 39.2 Å². The highest BCUT2D eigenvalue weighted by Gasteiger charge is 2.31. The molecular formula is C12H21NO4. The normalized spacial score (nSPS) is 20.9. The van der Waals surface area contributed by atoms with Gasteiger partial charge in [0.2, 0.25) is 0 Å². The summed E-state index contributed by atoms with van der Waals surface area (Å²) >= 11 is 0. The maximum atomic E-state index is 11.9. The number of hydrogen-bond acceptors (Lipinski definition) is 4. The molecule has 0 bridgehead atoms. The van der Waals surface area contributed by atoms with Gasteiger partial charge in [0.25, 0.3) is 0 Å². The number of amides is 1. The monoisotopic (exact) mass is 243 g/mol. The van der Waals surface area contributed by atoms with Crippen LogP contribution in [-0.2, 0) is 14.3 Å². The van der Waals surface area contributed by atoms with E-state index in [1.807, 2.05) is 20.8 Å². The van der Waals surface area contributed by atoms with Crippen LogP contribution in [0.25, 0.3) is 0 Å². The Morgan fingerprint density at radius 3 is 2.47 bits per heavy atom. The van der Waals surface area contributed by atoms with Crippen molar-refractivity contribution < 1.29 is 19.1 Å². The summed E-state index contributed by atoms with van der Waals surface area (Å²) in [5.41, 5.74) is -0.482. The third-order valence-corrected chi connectivity index (χ3v) is 2.59. The molecule has 98 valence electrons. The minimum Gasteiger partial charge on any atom is -0.460 e. The van der Waals surface area contributed by atoms with Crippen LogP contribution < -0.4 is 0 Å². The van der Waals surface area contributed by atoms with Gasteiger partial charge in [-0.2, -0.15) is 0 Å². The average molecular weight is 243 g/mol. The molecule has 0 spiro atoms. The molecule has 5 nitrogen and oxygen atoms in total. The van der Waals surface area contributed by atoms with Crippen molar-refractivity contribution in [3.63, 3.8) is 0 Å². The molecule has 0 aromatic heterocycles. The van der Waals surface area contributed by atoms with Crippen molar-refractivity contribution >= 4 is 12.1 Å². The lowest BCUT2D eigenvalue weighted by Crippen LogP contribution is -2.43. The van der Waals surface area contributed by atoms with E-state index in [4.69, 9.17) is 4.74 Å². The van der Waals surface area contributed by atoms with Gasteiger partial charge in [-0.3, -0.25) is 4.79 Å². The van der Waals surface area contributed by atoms with Gasteiger partial charge in [0.1, 0.15) is 5.60 Å². The van der Waals surface area contributed by atoms with Crippen molar-refractivity contribution in [2.75, 3.05) is 20.2 Å². The van der Waals surface area contributed by atoms with Crippen molar-refractivity contribution in [1.29, 1.82) is 0 Å². The quantitative estimate of drug-likeness (QED) is 0.659. The molecule has 1 heterocycles. The number of rotatable bonds is 1. The third-order valence-electron chi connectivity index (χ3n) is 2.59. The van der Waals surface area contributed by atoms with Gasteiger partial charge >= 0.3 is 12.1 Å². The summed E-state index contributed by atoms with van der Waals surface area (Å²) in [6, 6.07) is 0. The second-order valence-electron chi connectivity index (χ2n) is 5.29. The Balaban J connectivity index is 2.55. The molecule has 1 saturated heterocycles. The van der Waals surface area contributed by atoms with Crippen LogP contribution in [0.1, 0.15) is 33.6 Å². The number of methoxy groups -OCH3 is 1. The Labute approximate surface area is 102 Å². The summed E-state index contributed by atoms with van der Waals surface area (Å²) in [7, 11) is 1.35. The number of carbonyl (C=O) groups is 2. The smallest absolute Gasteiger partial charge is 0.409 e. The number of hydrogen-bond donors (Lipinski definition) is 0.